The fourth-order valence-corrected chi connectivity index (χ4v) is 3.04. The van der Waals surface area contributed by atoms with Crippen LogP contribution in [-0.2, 0) is 14.2 Å². The number of hydrogen-bond donors (Lipinski definition) is 2. The lowest BCUT2D eigenvalue weighted by Crippen LogP contribution is -2.43. The van der Waals surface area contributed by atoms with Crippen molar-refractivity contribution in [1.29, 1.82) is 0 Å². The Labute approximate surface area is 152 Å². The molecule has 1 saturated carbocycles. The van der Waals surface area contributed by atoms with Crippen molar-refractivity contribution in [3.05, 3.63) is 0 Å². The molecule has 2 fully saturated rings. The minimum atomic E-state index is 0.315. The Morgan fingerprint density at radius 1 is 1.16 bits per heavy atom. The quantitative estimate of drug-likeness (QED) is 0.290. The summed E-state index contributed by atoms with van der Waals surface area (Å²) in [6.45, 7) is 6.98. The molecule has 1 aliphatic heterocycles. The smallest absolute Gasteiger partial charge is 0.191 e. The Balaban J connectivity index is 1.47. The highest BCUT2D eigenvalue weighted by Gasteiger charge is 2.28. The largest absolute Gasteiger partial charge is 0.383 e. The fourth-order valence-electron chi connectivity index (χ4n) is 3.04. The van der Waals surface area contributed by atoms with E-state index in [1.165, 1.54) is 19.3 Å². The summed E-state index contributed by atoms with van der Waals surface area (Å²) < 4.78 is 16.4. The molecule has 1 aliphatic carbocycles. The Kier molecular flexibility index (Phi) is 10.2. The number of ether oxygens (including phenoxy) is 3. The summed E-state index contributed by atoms with van der Waals surface area (Å²) in [5.41, 5.74) is 0. The molecular weight excluding hydrogens is 320 g/mol. The molecule has 1 saturated heterocycles. The minimum absolute atomic E-state index is 0.315. The molecule has 1 heterocycles. The highest BCUT2D eigenvalue weighted by Crippen LogP contribution is 2.25. The monoisotopic (exact) mass is 356 g/mol. The van der Waals surface area contributed by atoms with E-state index < -0.39 is 0 Å². The van der Waals surface area contributed by atoms with Crippen molar-refractivity contribution in [1.82, 2.24) is 15.5 Å². The lowest BCUT2D eigenvalue weighted by Gasteiger charge is -2.22. The molecule has 0 radical (unpaired) electrons. The normalized spacial score (nSPS) is 21.1. The van der Waals surface area contributed by atoms with Crippen LogP contribution < -0.4 is 10.6 Å². The van der Waals surface area contributed by atoms with Crippen LogP contribution in [-0.4, -0.2) is 89.8 Å². The van der Waals surface area contributed by atoms with Gasteiger partial charge in [0.15, 0.2) is 5.96 Å². The predicted octanol–water partition coefficient (Wildman–Crippen LogP) is 0.848. The van der Waals surface area contributed by atoms with Gasteiger partial charge in [-0.2, -0.15) is 0 Å². The average Bonchev–Trinajstić information content (AvgIpc) is 3.34. The minimum Gasteiger partial charge on any atom is -0.383 e. The SMILES string of the molecule is CN=C(NCCCOCC1CCCO1)NCCN(CCOC)C1CC1. The van der Waals surface area contributed by atoms with Crippen LogP contribution in [0.5, 0.6) is 0 Å². The van der Waals surface area contributed by atoms with Gasteiger partial charge in [-0.25, -0.2) is 0 Å². The third-order valence-electron chi connectivity index (χ3n) is 4.65. The molecule has 2 aliphatic rings. The van der Waals surface area contributed by atoms with Crippen LogP contribution in [0.1, 0.15) is 32.1 Å². The van der Waals surface area contributed by atoms with Crippen LogP contribution in [0.3, 0.4) is 0 Å². The summed E-state index contributed by atoms with van der Waals surface area (Å²) in [4.78, 5) is 6.78. The van der Waals surface area contributed by atoms with Crippen LogP contribution >= 0.6 is 0 Å². The summed E-state index contributed by atoms with van der Waals surface area (Å²) >= 11 is 0. The van der Waals surface area contributed by atoms with E-state index in [1.54, 1.807) is 7.11 Å². The molecule has 2 N–H and O–H groups in total. The van der Waals surface area contributed by atoms with Gasteiger partial charge in [0.1, 0.15) is 0 Å². The van der Waals surface area contributed by atoms with Gasteiger partial charge in [-0.05, 0) is 32.1 Å². The van der Waals surface area contributed by atoms with Crippen molar-refractivity contribution in [2.24, 2.45) is 4.99 Å². The first-order valence-corrected chi connectivity index (χ1v) is 9.70. The summed E-state index contributed by atoms with van der Waals surface area (Å²) in [7, 11) is 3.58. The number of hydrogen-bond acceptors (Lipinski definition) is 5. The number of nitrogens with one attached hydrogen (secondary N) is 2. The van der Waals surface area contributed by atoms with Gasteiger partial charge >= 0.3 is 0 Å². The summed E-state index contributed by atoms with van der Waals surface area (Å²) in [5, 5.41) is 6.73. The molecule has 0 aromatic carbocycles. The molecule has 7 heteroatoms. The maximum absolute atomic E-state index is 5.67. The van der Waals surface area contributed by atoms with E-state index in [2.05, 4.69) is 20.5 Å². The first kappa shape index (κ1) is 20.4. The van der Waals surface area contributed by atoms with Gasteiger partial charge in [0.2, 0.25) is 0 Å². The molecule has 0 bridgehead atoms. The lowest BCUT2D eigenvalue weighted by atomic mass is 10.2. The summed E-state index contributed by atoms with van der Waals surface area (Å²) in [6, 6.07) is 0.757. The van der Waals surface area contributed by atoms with E-state index in [4.69, 9.17) is 14.2 Å². The second kappa shape index (κ2) is 12.5. The van der Waals surface area contributed by atoms with E-state index in [-0.39, 0.29) is 0 Å². The van der Waals surface area contributed by atoms with E-state index in [1.807, 2.05) is 7.05 Å². The van der Waals surface area contributed by atoms with Crippen molar-refractivity contribution in [2.45, 2.75) is 44.2 Å². The van der Waals surface area contributed by atoms with E-state index >= 15 is 0 Å². The van der Waals surface area contributed by atoms with E-state index in [9.17, 15) is 0 Å². The van der Waals surface area contributed by atoms with Gasteiger partial charge in [0.05, 0.1) is 19.3 Å². The molecule has 7 nitrogen and oxygen atoms in total. The Morgan fingerprint density at radius 3 is 2.68 bits per heavy atom. The van der Waals surface area contributed by atoms with Crippen LogP contribution in [0.25, 0.3) is 0 Å². The zero-order valence-electron chi connectivity index (χ0n) is 16.0. The number of rotatable bonds is 13. The van der Waals surface area contributed by atoms with Gasteiger partial charge < -0.3 is 24.8 Å². The van der Waals surface area contributed by atoms with Gasteiger partial charge in [-0.1, -0.05) is 0 Å². The van der Waals surface area contributed by atoms with Crippen LogP contribution in [0.4, 0.5) is 0 Å². The molecule has 0 spiro atoms. The number of methoxy groups -OCH3 is 1. The average molecular weight is 357 g/mol. The molecule has 1 atom stereocenters. The van der Waals surface area contributed by atoms with Crippen molar-refractivity contribution in [3.63, 3.8) is 0 Å². The highest BCUT2D eigenvalue weighted by molar-refractivity contribution is 5.79. The third-order valence-corrected chi connectivity index (χ3v) is 4.65. The summed E-state index contributed by atoms with van der Waals surface area (Å²) in [5.74, 6) is 0.863. The summed E-state index contributed by atoms with van der Waals surface area (Å²) in [6.07, 6.45) is 6.23. The second-order valence-corrected chi connectivity index (χ2v) is 6.75. The van der Waals surface area contributed by atoms with Gasteiger partial charge in [0, 0.05) is 59.6 Å². The van der Waals surface area contributed by atoms with Crippen molar-refractivity contribution < 1.29 is 14.2 Å². The molecule has 25 heavy (non-hydrogen) atoms. The van der Waals surface area contributed by atoms with Crippen LogP contribution in [0.2, 0.25) is 0 Å². The molecular formula is C18H36N4O3. The molecule has 1 unspecified atom stereocenters. The van der Waals surface area contributed by atoms with Crippen molar-refractivity contribution in [3.8, 4) is 0 Å². The molecule has 0 aromatic heterocycles. The maximum Gasteiger partial charge on any atom is 0.191 e. The predicted molar refractivity (Wildman–Crippen MR) is 100 cm³/mol. The van der Waals surface area contributed by atoms with Crippen molar-refractivity contribution in [2.75, 3.05) is 66.8 Å². The number of guanidine groups is 1. The van der Waals surface area contributed by atoms with Crippen molar-refractivity contribution >= 4 is 5.96 Å². The highest BCUT2D eigenvalue weighted by atomic mass is 16.5. The van der Waals surface area contributed by atoms with Gasteiger partial charge in [-0.15, -0.1) is 0 Å². The molecule has 146 valence electrons. The lowest BCUT2D eigenvalue weighted by molar-refractivity contribution is 0.0168. The fraction of sp³-hybridized carbons (Fsp3) is 0.944. The second-order valence-electron chi connectivity index (χ2n) is 6.75. The first-order valence-electron chi connectivity index (χ1n) is 9.70. The van der Waals surface area contributed by atoms with Gasteiger partial charge in [-0.3, -0.25) is 9.89 Å². The Morgan fingerprint density at radius 2 is 2.00 bits per heavy atom. The van der Waals surface area contributed by atoms with Crippen LogP contribution in [0.15, 0.2) is 4.99 Å². The molecule has 0 aromatic rings. The van der Waals surface area contributed by atoms with E-state index in [0.717, 1.165) is 77.4 Å². The number of nitrogens with zero attached hydrogens (tertiary/aromatic N) is 2. The Bertz CT molecular complexity index is 371. The topological polar surface area (TPSA) is 67.4 Å². The first-order chi connectivity index (χ1) is 12.3. The number of aliphatic imine (C=N–C) groups is 1. The Hall–Kier alpha value is -0.890. The van der Waals surface area contributed by atoms with Crippen LogP contribution in [0, 0.1) is 0 Å². The standard InChI is InChI=1S/C18H36N4O3/c1-19-18(20-8-4-12-24-15-17-5-3-13-25-17)21-9-10-22(11-14-23-2)16-6-7-16/h16-17H,3-15H2,1-2H3,(H2,19,20,21). The molecule has 0 amide bonds. The maximum atomic E-state index is 5.67. The zero-order valence-corrected chi connectivity index (χ0v) is 16.0. The third kappa shape index (κ3) is 8.85. The van der Waals surface area contributed by atoms with Gasteiger partial charge in [0.25, 0.3) is 0 Å². The van der Waals surface area contributed by atoms with E-state index in [0.29, 0.717) is 6.10 Å². The molecule has 2 rings (SSSR count). The zero-order chi connectivity index (χ0) is 17.7.